The Hall–Kier alpha value is -3.46. The van der Waals surface area contributed by atoms with Crippen LogP contribution in [-0.4, -0.2) is 85.0 Å². The van der Waals surface area contributed by atoms with Crippen molar-refractivity contribution >= 4 is 29.1 Å². The number of imide groups is 1. The number of carbonyl (C=O) groups excluding carboxylic acids is 3. The predicted molar refractivity (Wildman–Crippen MR) is 150 cm³/mol. The summed E-state index contributed by atoms with van der Waals surface area (Å²) in [4.78, 5) is 48.5. The highest BCUT2D eigenvalue weighted by molar-refractivity contribution is 6.24. The van der Waals surface area contributed by atoms with Gasteiger partial charge in [-0.25, -0.2) is 4.39 Å². The van der Waals surface area contributed by atoms with Crippen molar-refractivity contribution in [3.63, 3.8) is 0 Å². The van der Waals surface area contributed by atoms with E-state index >= 15 is 0 Å². The highest BCUT2D eigenvalue weighted by Gasteiger charge is 2.45. The zero-order valence-corrected chi connectivity index (χ0v) is 23.3. The quantitative estimate of drug-likeness (QED) is 0.539. The molecule has 40 heavy (non-hydrogen) atoms. The summed E-state index contributed by atoms with van der Waals surface area (Å²) in [5.74, 6) is -0.738. The summed E-state index contributed by atoms with van der Waals surface area (Å²) in [6.07, 6.45) is 2.90. The van der Waals surface area contributed by atoms with E-state index in [4.69, 9.17) is 4.74 Å². The van der Waals surface area contributed by atoms with Crippen molar-refractivity contribution in [3.05, 3.63) is 59.4 Å². The minimum absolute atomic E-state index is 0.143. The molecule has 4 heterocycles. The summed E-state index contributed by atoms with van der Waals surface area (Å²) in [5, 5.41) is 0. The number of hydrogen-bond acceptors (Lipinski definition) is 6. The molecule has 0 unspecified atom stereocenters. The summed E-state index contributed by atoms with van der Waals surface area (Å²) in [6, 6.07) is 11.8. The highest BCUT2D eigenvalue weighted by Crippen LogP contribution is 2.38. The number of amides is 3. The van der Waals surface area contributed by atoms with E-state index < -0.39 is 0 Å². The molecule has 4 aliphatic rings. The molecule has 3 fully saturated rings. The Labute approximate surface area is 234 Å². The summed E-state index contributed by atoms with van der Waals surface area (Å²) < 4.78 is 19.1. The predicted octanol–water partition coefficient (Wildman–Crippen LogP) is 3.94. The van der Waals surface area contributed by atoms with Crippen LogP contribution in [0.5, 0.6) is 0 Å². The Kier molecular flexibility index (Phi) is 7.02. The van der Waals surface area contributed by atoms with E-state index in [0.717, 1.165) is 30.8 Å². The molecule has 9 heteroatoms. The van der Waals surface area contributed by atoms with Crippen molar-refractivity contribution in [1.29, 1.82) is 0 Å². The molecule has 0 saturated carbocycles. The number of hydrogen-bond donors (Lipinski definition) is 0. The summed E-state index contributed by atoms with van der Waals surface area (Å²) in [6.45, 7) is 8.43. The smallest absolute Gasteiger partial charge is 0.263 e. The van der Waals surface area contributed by atoms with Gasteiger partial charge in [-0.15, -0.1) is 0 Å². The zero-order valence-electron chi connectivity index (χ0n) is 23.3. The molecule has 3 saturated heterocycles. The number of anilines is 2. The summed E-state index contributed by atoms with van der Waals surface area (Å²) in [7, 11) is 0. The number of nitrogens with zero attached hydrogens (tertiary/aromatic N) is 4. The van der Waals surface area contributed by atoms with Gasteiger partial charge in [0.05, 0.1) is 28.3 Å². The van der Waals surface area contributed by atoms with Crippen molar-refractivity contribution in [2.24, 2.45) is 5.92 Å². The Bertz CT molecular complexity index is 1300. The van der Waals surface area contributed by atoms with Gasteiger partial charge in [0.25, 0.3) is 11.8 Å². The van der Waals surface area contributed by atoms with E-state index in [-0.39, 0.29) is 41.1 Å². The summed E-state index contributed by atoms with van der Waals surface area (Å²) >= 11 is 0. The van der Waals surface area contributed by atoms with Crippen LogP contribution in [0.3, 0.4) is 0 Å². The topological polar surface area (TPSA) is 73.4 Å². The van der Waals surface area contributed by atoms with E-state index in [1.54, 1.807) is 18.2 Å². The fourth-order valence-electron chi connectivity index (χ4n) is 6.79. The lowest BCUT2D eigenvalue weighted by Crippen LogP contribution is -2.52. The van der Waals surface area contributed by atoms with Crippen molar-refractivity contribution in [2.75, 3.05) is 55.7 Å². The number of piperazine rings is 1. The molecule has 2 aromatic rings. The molecule has 8 nitrogen and oxygen atoms in total. The molecule has 2 aromatic carbocycles. The zero-order chi connectivity index (χ0) is 28.0. The van der Waals surface area contributed by atoms with E-state index in [9.17, 15) is 18.8 Å². The average molecular weight is 549 g/mol. The standard InChI is InChI=1S/C31H37FN4O4/c1-31(2)19-24(12-18-40-31)36-29(38)25-6-3-7-26(27(25)30(36)39)35-13-4-5-21(20-35)28(37)34-16-14-33(15-17-34)23-10-8-22(32)9-11-23/h3,6-11,21,24H,4-5,12-20H2,1-2H3/t21-,24-/m1/s1. The molecule has 3 amide bonds. The first kappa shape index (κ1) is 26.7. The van der Waals surface area contributed by atoms with Gasteiger partial charge in [-0.2, -0.15) is 0 Å². The third-order valence-corrected chi connectivity index (χ3v) is 8.86. The molecular formula is C31H37FN4O4. The number of benzene rings is 2. The number of piperidine rings is 1. The number of halogens is 1. The Morgan fingerprint density at radius 1 is 0.925 bits per heavy atom. The maximum atomic E-state index is 13.7. The molecular weight excluding hydrogens is 511 g/mol. The van der Waals surface area contributed by atoms with E-state index in [1.807, 2.05) is 30.9 Å². The molecule has 0 aliphatic carbocycles. The van der Waals surface area contributed by atoms with Crippen molar-refractivity contribution in [2.45, 2.75) is 51.2 Å². The molecule has 0 bridgehead atoms. The molecule has 0 N–H and O–H groups in total. The number of fused-ring (bicyclic) bond motifs is 1. The van der Waals surface area contributed by atoms with Gasteiger partial charge in [-0.3, -0.25) is 19.3 Å². The molecule has 0 aromatic heterocycles. The lowest BCUT2D eigenvalue weighted by Gasteiger charge is -2.40. The van der Waals surface area contributed by atoms with Crippen LogP contribution in [0.15, 0.2) is 42.5 Å². The average Bonchev–Trinajstić information content (AvgIpc) is 3.22. The van der Waals surface area contributed by atoms with Gasteiger partial charge in [-0.05, 0) is 75.9 Å². The lowest BCUT2D eigenvalue weighted by molar-refractivity contribution is -0.136. The van der Waals surface area contributed by atoms with Gasteiger partial charge in [0.15, 0.2) is 0 Å². The number of carbonyl (C=O) groups is 3. The van der Waals surface area contributed by atoms with Gasteiger partial charge < -0.3 is 19.4 Å². The van der Waals surface area contributed by atoms with E-state index in [2.05, 4.69) is 9.80 Å². The second-order valence-electron chi connectivity index (χ2n) is 12.0. The van der Waals surface area contributed by atoms with Crippen molar-refractivity contribution < 1.29 is 23.5 Å². The third-order valence-electron chi connectivity index (χ3n) is 8.86. The van der Waals surface area contributed by atoms with Crippen LogP contribution in [0.2, 0.25) is 0 Å². The number of ether oxygens (including phenoxy) is 1. The monoisotopic (exact) mass is 548 g/mol. The SMILES string of the molecule is CC1(C)C[C@H](N2C(=O)c3cccc(N4CCC[C@@H](C(=O)N5CCN(c6ccc(F)cc6)CC5)C4)c3C2=O)CCO1. The maximum Gasteiger partial charge on any atom is 0.263 e. The molecule has 0 radical (unpaired) electrons. The van der Waals surface area contributed by atoms with Gasteiger partial charge in [-0.1, -0.05) is 6.07 Å². The van der Waals surface area contributed by atoms with E-state index in [0.29, 0.717) is 63.3 Å². The third kappa shape index (κ3) is 4.96. The molecule has 0 spiro atoms. The van der Waals surface area contributed by atoms with E-state index in [1.165, 1.54) is 17.0 Å². The van der Waals surface area contributed by atoms with Gasteiger partial charge in [0.1, 0.15) is 5.82 Å². The Balaban J connectivity index is 1.14. The van der Waals surface area contributed by atoms with Crippen LogP contribution in [0.1, 0.15) is 60.2 Å². The fraction of sp³-hybridized carbons (Fsp3) is 0.516. The minimum atomic E-state index is -0.383. The maximum absolute atomic E-state index is 13.7. The first-order valence-electron chi connectivity index (χ1n) is 14.4. The normalized spacial score (nSPS) is 24.9. The minimum Gasteiger partial charge on any atom is -0.375 e. The first-order chi connectivity index (χ1) is 19.2. The Morgan fingerprint density at radius 2 is 1.68 bits per heavy atom. The van der Waals surface area contributed by atoms with Gasteiger partial charge >= 0.3 is 0 Å². The van der Waals surface area contributed by atoms with Crippen LogP contribution in [-0.2, 0) is 9.53 Å². The van der Waals surface area contributed by atoms with Gasteiger partial charge in [0, 0.05) is 57.6 Å². The van der Waals surface area contributed by atoms with Crippen LogP contribution >= 0.6 is 0 Å². The Morgan fingerprint density at radius 3 is 2.40 bits per heavy atom. The van der Waals surface area contributed by atoms with Crippen molar-refractivity contribution in [1.82, 2.24) is 9.80 Å². The second-order valence-corrected chi connectivity index (χ2v) is 12.0. The number of rotatable bonds is 4. The van der Waals surface area contributed by atoms with Gasteiger partial charge in [0.2, 0.25) is 5.91 Å². The largest absolute Gasteiger partial charge is 0.375 e. The molecule has 2 atom stereocenters. The first-order valence-corrected chi connectivity index (χ1v) is 14.4. The second kappa shape index (κ2) is 10.5. The van der Waals surface area contributed by atoms with Crippen molar-refractivity contribution in [3.8, 4) is 0 Å². The van der Waals surface area contributed by atoms with Crippen LogP contribution < -0.4 is 9.80 Å². The summed E-state index contributed by atoms with van der Waals surface area (Å²) in [5.41, 5.74) is 2.26. The molecule has 4 aliphatic heterocycles. The van der Waals surface area contributed by atoms with Crippen LogP contribution in [0, 0.1) is 11.7 Å². The molecule has 212 valence electrons. The van der Waals surface area contributed by atoms with Crippen LogP contribution in [0.25, 0.3) is 0 Å². The lowest BCUT2D eigenvalue weighted by atomic mass is 9.93. The molecule has 6 rings (SSSR count). The highest BCUT2D eigenvalue weighted by atomic mass is 19.1. The fourth-order valence-corrected chi connectivity index (χ4v) is 6.79. The van der Waals surface area contributed by atoms with Crippen LogP contribution in [0.4, 0.5) is 15.8 Å².